The molecule has 0 aliphatic heterocycles. The van der Waals surface area contributed by atoms with Crippen LogP contribution >= 0.6 is 0 Å². The van der Waals surface area contributed by atoms with E-state index in [1.54, 1.807) is 0 Å². The van der Waals surface area contributed by atoms with Crippen LogP contribution in [-0.4, -0.2) is 9.55 Å². The van der Waals surface area contributed by atoms with Gasteiger partial charge < -0.3 is 14.9 Å². The molecule has 7 aromatic rings. The van der Waals surface area contributed by atoms with E-state index in [4.69, 9.17) is 19.9 Å². The molecule has 5 nitrogen and oxygen atoms in total. The summed E-state index contributed by atoms with van der Waals surface area (Å²) in [7, 11) is 0. The number of nitrogens with two attached hydrogens (primary N) is 1. The van der Waals surface area contributed by atoms with Gasteiger partial charge in [-0.2, -0.15) is 0 Å². The van der Waals surface area contributed by atoms with Gasteiger partial charge in [-0.25, -0.2) is 4.98 Å². The lowest BCUT2D eigenvalue weighted by Gasteiger charge is -2.20. The van der Waals surface area contributed by atoms with Crippen molar-refractivity contribution in [2.24, 2.45) is 0 Å². The van der Waals surface area contributed by atoms with Crippen molar-refractivity contribution in [1.82, 2.24) is 9.55 Å². The molecular formula is C33H27N3O2. The SMILES string of the molecule is CC(C)(C)c1ccnc(-n2c3cc(Oc4cccc(N)c4)ccc3c3ccc4c5ccccc5oc4c32)c1. The van der Waals surface area contributed by atoms with Gasteiger partial charge in [0.25, 0.3) is 0 Å². The molecule has 5 heteroatoms. The number of rotatable bonds is 3. The van der Waals surface area contributed by atoms with Crippen molar-refractivity contribution >= 4 is 49.4 Å². The number of ether oxygens (including phenoxy) is 1. The van der Waals surface area contributed by atoms with Gasteiger partial charge in [0.05, 0.1) is 11.0 Å². The molecule has 0 saturated carbocycles. The maximum atomic E-state index is 6.50. The van der Waals surface area contributed by atoms with Crippen molar-refractivity contribution in [2.45, 2.75) is 26.2 Å². The molecule has 0 saturated heterocycles. The third-order valence-corrected chi connectivity index (χ3v) is 7.18. The number of benzene rings is 4. The predicted octanol–water partition coefficient (Wildman–Crippen LogP) is 8.75. The summed E-state index contributed by atoms with van der Waals surface area (Å²) in [5.41, 5.74) is 11.5. The first-order chi connectivity index (χ1) is 18.4. The zero-order valence-electron chi connectivity index (χ0n) is 21.5. The summed E-state index contributed by atoms with van der Waals surface area (Å²) in [6, 6.07) is 30.4. The lowest BCUT2D eigenvalue weighted by molar-refractivity contribution is 0.483. The zero-order valence-corrected chi connectivity index (χ0v) is 21.5. The summed E-state index contributed by atoms with van der Waals surface area (Å²) in [5.74, 6) is 2.26. The van der Waals surface area contributed by atoms with E-state index in [1.165, 1.54) is 5.56 Å². The van der Waals surface area contributed by atoms with Crippen molar-refractivity contribution < 1.29 is 9.15 Å². The van der Waals surface area contributed by atoms with Crippen molar-refractivity contribution in [3.8, 4) is 17.3 Å². The number of nitrogen functional groups attached to an aromatic ring is 1. The zero-order chi connectivity index (χ0) is 26.0. The standard InChI is InChI=1S/C33H27N3O2/c1-33(2,3)20-15-16-35-30(17-20)36-28-19-23(37-22-8-6-7-21(34)18-22)11-12-24(28)26-13-14-27-25-9-4-5-10-29(25)38-32(27)31(26)36/h4-19H,34H2,1-3H3. The molecule has 0 radical (unpaired) electrons. The van der Waals surface area contributed by atoms with Crippen molar-refractivity contribution in [1.29, 1.82) is 0 Å². The van der Waals surface area contributed by atoms with Gasteiger partial charge in [0.2, 0.25) is 0 Å². The molecule has 0 spiro atoms. The number of furan rings is 1. The van der Waals surface area contributed by atoms with E-state index in [2.05, 4.69) is 67.8 Å². The van der Waals surface area contributed by atoms with Gasteiger partial charge in [0.1, 0.15) is 22.9 Å². The van der Waals surface area contributed by atoms with E-state index in [0.29, 0.717) is 11.4 Å². The second kappa shape index (κ2) is 8.12. The highest BCUT2D eigenvalue weighted by Crippen LogP contribution is 2.41. The van der Waals surface area contributed by atoms with Gasteiger partial charge in [0.15, 0.2) is 5.58 Å². The molecule has 0 bridgehead atoms. The van der Waals surface area contributed by atoms with Gasteiger partial charge in [0, 0.05) is 45.6 Å². The lowest BCUT2D eigenvalue weighted by atomic mass is 9.88. The van der Waals surface area contributed by atoms with Gasteiger partial charge in [-0.3, -0.25) is 4.57 Å². The highest BCUT2D eigenvalue weighted by molar-refractivity contribution is 6.21. The average molecular weight is 498 g/mol. The molecule has 0 fully saturated rings. The number of hydrogen-bond donors (Lipinski definition) is 1. The molecule has 4 aromatic carbocycles. The minimum absolute atomic E-state index is 0.0212. The van der Waals surface area contributed by atoms with Crippen LogP contribution in [0.25, 0.3) is 49.6 Å². The Morgan fingerprint density at radius 1 is 0.763 bits per heavy atom. The van der Waals surface area contributed by atoms with E-state index in [9.17, 15) is 0 Å². The summed E-state index contributed by atoms with van der Waals surface area (Å²) in [4.78, 5) is 4.85. The van der Waals surface area contributed by atoms with E-state index in [-0.39, 0.29) is 5.41 Å². The van der Waals surface area contributed by atoms with Crippen LogP contribution in [0.2, 0.25) is 0 Å². The minimum Gasteiger partial charge on any atom is -0.457 e. The second-order valence-electron chi connectivity index (χ2n) is 10.8. The second-order valence-corrected chi connectivity index (χ2v) is 10.8. The molecule has 7 rings (SSSR count). The minimum atomic E-state index is -0.0212. The Labute approximate surface area is 220 Å². The average Bonchev–Trinajstić information content (AvgIpc) is 3.44. The Morgan fingerprint density at radius 3 is 2.39 bits per heavy atom. The van der Waals surface area contributed by atoms with Crippen LogP contribution in [0.15, 0.2) is 102 Å². The Hall–Kier alpha value is -4.77. The van der Waals surface area contributed by atoms with Gasteiger partial charge in [-0.05, 0) is 59.5 Å². The molecule has 0 aliphatic carbocycles. The maximum Gasteiger partial charge on any atom is 0.160 e. The monoisotopic (exact) mass is 497 g/mol. The molecule has 3 aromatic heterocycles. The topological polar surface area (TPSA) is 66.2 Å². The van der Waals surface area contributed by atoms with Crippen LogP contribution in [0.5, 0.6) is 11.5 Å². The van der Waals surface area contributed by atoms with Crippen molar-refractivity contribution in [2.75, 3.05) is 5.73 Å². The number of fused-ring (bicyclic) bond motifs is 7. The number of pyridine rings is 1. The van der Waals surface area contributed by atoms with Gasteiger partial charge >= 0.3 is 0 Å². The number of hydrogen-bond acceptors (Lipinski definition) is 4. The van der Waals surface area contributed by atoms with Crippen LogP contribution in [0, 0.1) is 0 Å². The molecule has 38 heavy (non-hydrogen) atoms. The first-order valence-corrected chi connectivity index (χ1v) is 12.8. The van der Waals surface area contributed by atoms with E-state index in [0.717, 1.165) is 55.3 Å². The Morgan fingerprint density at radius 2 is 1.55 bits per heavy atom. The fourth-order valence-electron chi connectivity index (χ4n) is 5.28. The number of para-hydroxylation sites is 1. The highest BCUT2D eigenvalue weighted by atomic mass is 16.5. The van der Waals surface area contributed by atoms with Gasteiger partial charge in [-0.15, -0.1) is 0 Å². The summed E-state index contributed by atoms with van der Waals surface area (Å²) in [6.07, 6.45) is 1.89. The summed E-state index contributed by atoms with van der Waals surface area (Å²) >= 11 is 0. The first kappa shape index (κ1) is 22.4. The number of anilines is 1. The van der Waals surface area contributed by atoms with Crippen LogP contribution in [0.3, 0.4) is 0 Å². The smallest absolute Gasteiger partial charge is 0.160 e. The fraction of sp³-hybridized carbons (Fsp3) is 0.121. The summed E-state index contributed by atoms with van der Waals surface area (Å²) < 4.78 is 14.9. The van der Waals surface area contributed by atoms with E-state index >= 15 is 0 Å². The maximum absolute atomic E-state index is 6.50. The Bertz CT molecular complexity index is 2010. The van der Waals surface area contributed by atoms with Crippen molar-refractivity contribution in [3.05, 3.63) is 103 Å². The quantitative estimate of drug-likeness (QED) is 0.248. The molecular weight excluding hydrogens is 470 g/mol. The lowest BCUT2D eigenvalue weighted by Crippen LogP contribution is -2.12. The van der Waals surface area contributed by atoms with E-state index < -0.39 is 0 Å². The molecule has 0 atom stereocenters. The first-order valence-electron chi connectivity index (χ1n) is 12.8. The summed E-state index contributed by atoms with van der Waals surface area (Å²) in [6.45, 7) is 6.65. The molecule has 3 heterocycles. The third kappa shape index (κ3) is 3.51. The predicted molar refractivity (Wildman–Crippen MR) is 155 cm³/mol. The van der Waals surface area contributed by atoms with Gasteiger partial charge in [-0.1, -0.05) is 51.1 Å². The van der Waals surface area contributed by atoms with Crippen LogP contribution in [0.4, 0.5) is 5.69 Å². The molecule has 186 valence electrons. The Balaban J connectivity index is 1.56. The molecule has 0 unspecified atom stereocenters. The highest BCUT2D eigenvalue weighted by Gasteiger charge is 2.21. The van der Waals surface area contributed by atoms with Crippen LogP contribution in [-0.2, 0) is 5.41 Å². The van der Waals surface area contributed by atoms with Crippen LogP contribution in [0.1, 0.15) is 26.3 Å². The number of aromatic nitrogens is 2. The van der Waals surface area contributed by atoms with E-state index in [1.807, 2.05) is 54.7 Å². The largest absolute Gasteiger partial charge is 0.457 e. The normalized spacial score (nSPS) is 12.2. The molecule has 0 aliphatic rings. The van der Waals surface area contributed by atoms with Crippen LogP contribution < -0.4 is 10.5 Å². The fourth-order valence-corrected chi connectivity index (χ4v) is 5.28. The van der Waals surface area contributed by atoms with Crippen molar-refractivity contribution in [3.63, 3.8) is 0 Å². The Kier molecular flexibility index (Phi) is 4.79. The third-order valence-electron chi connectivity index (χ3n) is 7.18. The molecule has 2 N–H and O–H groups in total. The summed E-state index contributed by atoms with van der Waals surface area (Å²) in [5, 5.41) is 4.39. The molecule has 0 amide bonds. The number of nitrogens with zero attached hydrogens (tertiary/aromatic N) is 2.